The van der Waals surface area contributed by atoms with Crippen LogP contribution in [0.2, 0.25) is 0 Å². The highest BCUT2D eigenvalue weighted by molar-refractivity contribution is 5.61. The Morgan fingerprint density at radius 3 is 2.81 bits per heavy atom. The van der Waals surface area contributed by atoms with E-state index in [1.54, 1.807) is 12.4 Å². The van der Waals surface area contributed by atoms with E-state index in [0.29, 0.717) is 19.0 Å². The summed E-state index contributed by atoms with van der Waals surface area (Å²) >= 11 is 0. The normalized spacial score (nSPS) is 13.3. The van der Waals surface area contributed by atoms with Gasteiger partial charge in [0.25, 0.3) is 0 Å². The number of nitrogen functional groups attached to an aromatic ring is 1. The van der Waals surface area contributed by atoms with Crippen molar-refractivity contribution >= 4 is 5.82 Å². The van der Waals surface area contributed by atoms with Crippen LogP contribution in [0.4, 0.5) is 5.82 Å². The van der Waals surface area contributed by atoms with E-state index < -0.39 is 0 Å². The first-order chi connectivity index (χ1) is 10.3. The van der Waals surface area contributed by atoms with Gasteiger partial charge in [0.15, 0.2) is 0 Å². The van der Waals surface area contributed by atoms with Crippen LogP contribution in [0.5, 0.6) is 0 Å². The Labute approximate surface area is 122 Å². The van der Waals surface area contributed by atoms with Gasteiger partial charge in [-0.3, -0.25) is 4.57 Å². The molecule has 0 saturated heterocycles. The van der Waals surface area contributed by atoms with Crippen LogP contribution in [0, 0.1) is 0 Å². The summed E-state index contributed by atoms with van der Waals surface area (Å²) in [6, 6.07) is 10.1. The third-order valence-electron chi connectivity index (χ3n) is 3.66. The highest BCUT2D eigenvalue weighted by Crippen LogP contribution is 2.26. The Hall–Kier alpha value is -2.66. The van der Waals surface area contributed by atoms with Gasteiger partial charge in [-0.2, -0.15) is 0 Å². The predicted molar refractivity (Wildman–Crippen MR) is 79.7 cm³/mol. The van der Waals surface area contributed by atoms with Gasteiger partial charge >= 0.3 is 0 Å². The lowest BCUT2D eigenvalue weighted by Gasteiger charge is -2.09. The Kier molecular flexibility index (Phi) is 2.72. The number of anilines is 1. The second-order valence-corrected chi connectivity index (χ2v) is 5.04. The molecule has 0 atom stereocenters. The monoisotopic (exact) mass is 278 g/mol. The summed E-state index contributed by atoms with van der Waals surface area (Å²) in [6.45, 7) is 1.38. The Balaban J connectivity index is 1.82. The Morgan fingerprint density at radius 2 is 1.90 bits per heavy atom. The van der Waals surface area contributed by atoms with Crippen LogP contribution in [0.3, 0.4) is 0 Å². The molecule has 0 bridgehead atoms. The molecule has 4 rings (SSSR count). The molecule has 21 heavy (non-hydrogen) atoms. The van der Waals surface area contributed by atoms with Crippen LogP contribution in [0.25, 0.3) is 17.1 Å². The second kappa shape index (κ2) is 4.71. The molecule has 1 aliphatic heterocycles. The number of fused-ring (bicyclic) bond motifs is 1. The van der Waals surface area contributed by atoms with E-state index in [-0.39, 0.29) is 0 Å². The molecule has 3 aromatic rings. The maximum absolute atomic E-state index is 5.76. The Bertz CT molecular complexity index is 810. The zero-order valence-electron chi connectivity index (χ0n) is 11.4. The molecule has 0 amide bonds. The number of pyridine rings is 1. The van der Waals surface area contributed by atoms with Crippen molar-refractivity contribution in [2.24, 2.45) is 0 Å². The lowest BCUT2D eigenvalue weighted by Crippen LogP contribution is -1.99. The predicted octanol–water partition coefficient (Wildman–Crippen LogP) is 2.55. The van der Waals surface area contributed by atoms with Gasteiger partial charge in [-0.1, -0.05) is 6.07 Å². The van der Waals surface area contributed by atoms with E-state index in [9.17, 15) is 0 Å². The molecule has 0 spiro atoms. The van der Waals surface area contributed by atoms with Crippen LogP contribution in [-0.4, -0.2) is 14.5 Å². The highest BCUT2D eigenvalue weighted by Gasteiger charge is 2.14. The molecular weight excluding hydrogens is 264 g/mol. The van der Waals surface area contributed by atoms with Crippen molar-refractivity contribution in [3.63, 3.8) is 0 Å². The summed E-state index contributed by atoms with van der Waals surface area (Å²) in [6.07, 6.45) is 5.43. The zero-order chi connectivity index (χ0) is 14.2. The number of nitrogens with two attached hydrogens (primary N) is 1. The zero-order valence-corrected chi connectivity index (χ0v) is 11.4. The van der Waals surface area contributed by atoms with E-state index in [2.05, 4.69) is 28.2 Å². The maximum atomic E-state index is 5.76. The SMILES string of the molecule is Nc1cc(-c2nccn2-c2ccc3c(c2)COC3)ccn1. The van der Waals surface area contributed by atoms with Crippen molar-refractivity contribution in [1.29, 1.82) is 0 Å². The first-order valence-electron chi connectivity index (χ1n) is 6.76. The number of ether oxygens (including phenoxy) is 1. The summed E-state index contributed by atoms with van der Waals surface area (Å²) < 4.78 is 7.52. The van der Waals surface area contributed by atoms with Crippen molar-refractivity contribution in [3.8, 4) is 17.1 Å². The van der Waals surface area contributed by atoms with Crippen molar-refractivity contribution in [3.05, 3.63) is 60.0 Å². The molecule has 0 fully saturated rings. The first-order valence-corrected chi connectivity index (χ1v) is 6.76. The molecule has 5 heteroatoms. The van der Waals surface area contributed by atoms with Crippen molar-refractivity contribution in [1.82, 2.24) is 14.5 Å². The van der Waals surface area contributed by atoms with E-state index in [4.69, 9.17) is 10.5 Å². The average molecular weight is 278 g/mol. The number of hydrogen-bond donors (Lipinski definition) is 1. The number of hydrogen-bond acceptors (Lipinski definition) is 4. The van der Waals surface area contributed by atoms with E-state index in [1.807, 2.05) is 22.9 Å². The van der Waals surface area contributed by atoms with Gasteiger partial charge in [0.1, 0.15) is 11.6 Å². The van der Waals surface area contributed by atoms with Crippen LogP contribution >= 0.6 is 0 Å². The maximum Gasteiger partial charge on any atom is 0.144 e. The van der Waals surface area contributed by atoms with Crippen molar-refractivity contribution < 1.29 is 4.74 Å². The fraction of sp³-hybridized carbons (Fsp3) is 0.125. The lowest BCUT2D eigenvalue weighted by atomic mass is 10.1. The number of imidazole rings is 1. The van der Waals surface area contributed by atoms with Gasteiger partial charge in [0.2, 0.25) is 0 Å². The molecular formula is C16H14N4O. The number of nitrogens with zero attached hydrogens (tertiary/aromatic N) is 3. The molecule has 2 aromatic heterocycles. The van der Waals surface area contributed by atoms with Gasteiger partial charge < -0.3 is 10.5 Å². The molecule has 0 radical (unpaired) electrons. The average Bonchev–Trinajstić information content (AvgIpc) is 3.15. The Morgan fingerprint density at radius 1 is 1.00 bits per heavy atom. The van der Waals surface area contributed by atoms with E-state index >= 15 is 0 Å². The van der Waals surface area contributed by atoms with Gasteiger partial charge in [0, 0.05) is 29.8 Å². The fourth-order valence-corrected chi connectivity index (χ4v) is 2.62. The lowest BCUT2D eigenvalue weighted by molar-refractivity contribution is 0.134. The quantitative estimate of drug-likeness (QED) is 0.782. The minimum atomic E-state index is 0.490. The van der Waals surface area contributed by atoms with Gasteiger partial charge in [-0.05, 0) is 35.4 Å². The first kappa shape index (κ1) is 12.1. The molecule has 0 saturated carbocycles. The summed E-state index contributed by atoms with van der Waals surface area (Å²) in [5, 5.41) is 0. The van der Waals surface area contributed by atoms with E-state index in [0.717, 1.165) is 17.1 Å². The fourth-order valence-electron chi connectivity index (χ4n) is 2.62. The minimum Gasteiger partial charge on any atom is -0.384 e. The van der Waals surface area contributed by atoms with Crippen LogP contribution in [0.15, 0.2) is 48.9 Å². The highest BCUT2D eigenvalue weighted by atomic mass is 16.5. The molecule has 1 aromatic carbocycles. The van der Waals surface area contributed by atoms with Crippen molar-refractivity contribution in [2.45, 2.75) is 13.2 Å². The standard InChI is InChI=1S/C16H14N4O/c17-15-8-11(3-4-18-15)16-19-5-6-20(16)14-2-1-12-9-21-10-13(12)7-14/h1-8H,9-10H2,(H2,17,18). The second-order valence-electron chi connectivity index (χ2n) is 5.04. The van der Waals surface area contributed by atoms with Crippen LogP contribution < -0.4 is 5.73 Å². The third kappa shape index (κ3) is 2.08. The van der Waals surface area contributed by atoms with Crippen molar-refractivity contribution in [2.75, 3.05) is 5.73 Å². The smallest absolute Gasteiger partial charge is 0.144 e. The summed E-state index contributed by atoms with van der Waals surface area (Å²) in [5.74, 6) is 1.34. The molecule has 5 nitrogen and oxygen atoms in total. The summed E-state index contributed by atoms with van der Waals surface area (Å²) in [7, 11) is 0. The number of benzene rings is 1. The van der Waals surface area contributed by atoms with Crippen LogP contribution in [0.1, 0.15) is 11.1 Å². The molecule has 2 N–H and O–H groups in total. The van der Waals surface area contributed by atoms with E-state index in [1.165, 1.54) is 11.1 Å². The summed E-state index contributed by atoms with van der Waals surface area (Å²) in [4.78, 5) is 8.47. The summed E-state index contributed by atoms with van der Waals surface area (Å²) in [5.41, 5.74) is 10.3. The van der Waals surface area contributed by atoms with Gasteiger partial charge in [0.05, 0.1) is 13.2 Å². The molecule has 3 heterocycles. The largest absolute Gasteiger partial charge is 0.384 e. The molecule has 104 valence electrons. The van der Waals surface area contributed by atoms with Gasteiger partial charge in [-0.25, -0.2) is 9.97 Å². The number of rotatable bonds is 2. The third-order valence-corrected chi connectivity index (χ3v) is 3.66. The molecule has 1 aliphatic rings. The minimum absolute atomic E-state index is 0.490. The van der Waals surface area contributed by atoms with Gasteiger partial charge in [-0.15, -0.1) is 0 Å². The molecule has 0 aliphatic carbocycles. The molecule has 0 unspecified atom stereocenters. The van der Waals surface area contributed by atoms with Crippen LogP contribution in [-0.2, 0) is 18.0 Å². The number of aromatic nitrogens is 3. The topological polar surface area (TPSA) is 66.0 Å².